The summed E-state index contributed by atoms with van der Waals surface area (Å²) in [4.78, 5) is 12.3. The topological polar surface area (TPSA) is 55.1 Å². The molecule has 1 fully saturated rings. The highest BCUT2D eigenvalue weighted by Crippen LogP contribution is 2.18. The molecule has 0 radical (unpaired) electrons. The maximum absolute atomic E-state index is 12.3. The molecule has 2 rings (SSSR count). The van der Waals surface area contributed by atoms with Crippen LogP contribution in [0, 0.1) is 13.8 Å². The van der Waals surface area contributed by atoms with Gasteiger partial charge in [-0.25, -0.2) is 0 Å². The second-order valence-corrected chi connectivity index (χ2v) is 5.28. The van der Waals surface area contributed by atoms with Crippen molar-refractivity contribution in [3.63, 3.8) is 0 Å². The van der Waals surface area contributed by atoms with Crippen LogP contribution in [0.25, 0.3) is 0 Å². The van der Waals surface area contributed by atoms with Crippen LogP contribution in [0.3, 0.4) is 0 Å². The van der Waals surface area contributed by atoms with Crippen LogP contribution < -0.4 is 11.1 Å². The third kappa shape index (κ3) is 2.72. The lowest BCUT2D eigenvalue weighted by Crippen LogP contribution is -2.49. The third-order valence-electron chi connectivity index (χ3n) is 3.99. The molecule has 1 saturated carbocycles. The highest BCUT2D eigenvalue weighted by atomic mass is 16.1. The number of amides is 1. The van der Waals surface area contributed by atoms with Crippen molar-refractivity contribution in [3.05, 3.63) is 34.9 Å². The van der Waals surface area contributed by atoms with E-state index in [0.29, 0.717) is 0 Å². The van der Waals surface area contributed by atoms with Crippen LogP contribution in [0.4, 0.5) is 0 Å². The third-order valence-corrected chi connectivity index (χ3v) is 3.99. The van der Waals surface area contributed by atoms with Gasteiger partial charge in [0.1, 0.15) is 0 Å². The number of nitrogens with one attached hydrogen (secondary N) is 1. The molecular formula is C15H22N2O. The second kappa shape index (κ2) is 5.53. The molecule has 1 aromatic carbocycles. The van der Waals surface area contributed by atoms with Gasteiger partial charge in [-0.1, -0.05) is 25.0 Å². The van der Waals surface area contributed by atoms with Crippen LogP contribution in [0.15, 0.2) is 18.2 Å². The van der Waals surface area contributed by atoms with Gasteiger partial charge in [-0.05, 0) is 43.9 Å². The standard InChI is InChI=1S/C15H22N2O/c1-10-6-5-7-12(11(10)2)15(18)17-14-9-4-3-8-13(14)16/h5-7,13-14H,3-4,8-9,16H2,1-2H3,(H,17,18)/t13-,14-/m1/s1. The summed E-state index contributed by atoms with van der Waals surface area (Å²) in [5, 5.41) is 3.09. The molecule has 0 heterocycles. The summed E-state index contributed by atoms with van der Waals surface area (Å²) in [6.45, 7) is 4.02. The first-order chi connectivity index (χ1) is 8.59. The van der Waals surface area contributed by atoms with Crippen LogP contribution in [0.2, 0.25) is 0 Å². The molecular weight excluding hydrogens is 224 g/mol. The number of carbonyl (C=O) groups is 1. The fourth-order valence-corrected chi connectivity index (χ4v) is 2.58. The van der Waals surface area contributed by atoms with Gasteiger partial charge in [0.25, 0.3) is 5.91 Å². The van der Waals surface area contributed by atoms with Gasteiger partial charge in [0.2, 0.25) is 0 Å². The fraction of sp³-hybridized carbons (Fsp3) is 0.533. The molecule has 0 saturated heterocycles. The molecule has 0 aromatic heterocycles. The van der Waals surface area contributed by atoms with Crippen LogP contribution in [0.5, 0.6) is 0 Å². The first-order valence-corrected chi connectivity index (χ1v) is 6.72. The maximum atomic E-state index is 12.3. The minimum absolute atomic E-state index is 0.0125. The van der Waals surface area contributed by atoms with Crippen LogP contribution in [-0.2, 0) is 0 Å². The lowest BCUT2D eigenvalue weighted by Gasteiger charge is -2.29. The van der Waals surface area contributed by atoms with Crippen molar-refractivity contribution in [2.45, 2.75) is 51.6 Å². The van der Waals surface area contributed by atoms with Gasteiger partial charge < -0.3 is 11.1 Å². The first kappa shape index (κ1) is 13.1. The van der Waals surface area contributed by atoms with E-state index in [4.69, 9.17) is 5.73 Å². The Hall–Kier alpha value is -1.35. The van der Waals surface area contributed by atoms with E-state index >= 15 is 0 Å². The van der Waals surface area contributed by atoms with E-state index in [-0.39, 0.29) is 18.0 Å². The Balaban J connectivity index is 2.09. The van der Waals surface area contributed by atoms with E-state index in [2.05, 4.69) is 5.32 Å². The molecule has 3 N–H and O–H groups in total. The Morgan fingerprint density at radius 3 is 2.72 bits per heavy atom. The highest BCUT2D eigenvalue weighted by molar-refractivity contribution is 5.96. The van der Waals surface area contributed by atoms with Gasteiger partial charge in [-0.2, -0.15) is 0 Å². The van der Waals surface area contributed by atoms with Gasteiger partial charge in [-0.15, -0.1) is 0 Å². The average molecular weight is 246 g/mol. The van der Waals surface area contributed by atoms with Crippen LogP contribution in [-0.4, -0.2) is 18.0 Å². The number of hydrogen-bond donors (Lipinski definition) is 2. The van der Waals surface area contributed by atoms with E-state index in [0.717, 1.165) is 36.0 Å². The molecule has 1 amide bonds. The largest absolute Gasteiger partial charge is 0.348 e. The molecule has 0 aliphatic heterocycles. The summed E-state index contributed by atoms with van der Waals surface area (Å²) >= 11 is 0. The quantitative estimate of drug-likeness (QED) is 0.841. The van der Waals surface area contributed by atoms with Gasteiger partial charge in [0, 0.05) is 17.6 Å². The van der Waals surface area contributed by atoms with E-state index in [9.17, 15) is 4.79 Å². The minimum Gasteiger partial charge on any atom is -0.348 e. The van der Waals surface area contributed by atoms with Crippen molar-refractivity contribution in [2.24, 2.45) is 5.73 Å². The molecule has 98 valence electrons. The number of carbonyl (C=O) groups excluding carboxylic acids is 1. The van der Waals surface area contributed by atoms with Gasteiger partial charge >= 0.3 is 0 Å². The Bertz CT molecular complexity index is 442. The zero-order valence-electron chi connectivity index (χ0n) is 11.2. The molecule has 0 unspecified atom stereocenters. The van der Waals surface area contributed by atoms with E-state index < -0.39 is 0 Å². The van der Waals surface area contributed by atoms with E-state index in [1.54, 1.807) is 0 Å². The van der Waals surface area contributed by atoms with Gasteiger partial charge in [0.15, 0.2) is 0 Å². The molecule has 2 atom stereocenters. The van der Waals surface area contributed by atoms with Crippen molar-refractivity contribution in [1.29, 1.82) is 0 Å². The van der Waals surface area contributed by atoms with E-state index in [1.807, 2.05) is 32.0 Å². The number of nitrogens with two attached hydrogens (primary N) is 1. The summed E-state index contributed by atoms with van der Waals surface area (Å²) < 4.78 is 0. The summed E-state index contributed by atoms with van der Waals surface area (Å²) in [6, 6.07) is 6.07. The SMILES string of the molecule is Cc1cccc(C(=O)N[C@@H]2CCCC[C@H]2N)c1C. The Kier molecular flexibility index (Phi) is 4.02. The zero-order chi connectivity index (χ0) is 13.1. The Labute approximate surface area is 109 Å². The van der Waals surface area contributed by atoms with Crippen molar-refractivity contribution >= 4 is 5.91 Å². The van der Waals surface area contributed by atoms with Crippen molar-refractivity contribution in [3.8, 4) is 0 Å². The normalized spacial score (nSPS) is 23.7. The number of aryl methyl sites for hydroxylation is 1. The van der Waals surface area contributed by atoms with Gasteiger partial charge in [0.05, 0.1) is 0 Å². The lowest BCUT2D eigenvalue weighted by molar-refractivity contribution is 0.0920. The minimum atomic E-state index is 0.0125. The number of rotatable bonds is 2. The molecule has 0 bridgehead atoms. The molecule has 1 aromatic rings. The highest BCUT2D eigenvalue weighted by Gasteiger charge is 2.24. The van der Waals surface area contributed by atoms with Crippen LogP contribution in [0.1, 0.15) is 47.2 Å². The summed E-state index contributed by atoms with van der Waals surface area (Å²) in [7, 11) is 0. The van der Waals surface area contributed by atoms with Crippen molar-refractivity contribution < 1.29 is 4.79 Å². The molecule has 1 aliphatic rings. The summed E-state index contributed by atoms with van der Waals surface area (Å²) in [5.41, 5.74) is 9.03. The molecule has 3 nitrogen and oxygen atoms in total. The summed E-state index contributed by atoms with van der Waals surface area (Å²) in [6.07, 6.45) is 4.35. The van der Waals surface area contributed by atoms with Crippen molar-refractivity contribution in [2.75, 3.05) is 0 Å². The van der Waals surface area contributed by atoms with E-state index in [1.165, 1.54) is 6.42 Å². The van der Waals surface area contributed by atoms with Crippen LogP contribution >= 0.6 is 0 Å². The monoisotopic (exact) mass is 246 g/mol. The lowest BCUT2D eigenvalue weighted by atomic mass is 9.90. The van der Waals surface area contributed by atoms with Gasteiger partial charge in [-0.3, -0.25) is 4.79 Å². The predicted octanol–water partition coefficient (Wildman–Crippen LogP) is 2.30. The molecule has 1 aliphatic carbocycles. The summed E-state index contributed by atoms with van der Waals surface area (Å²) in [5.74, 6) is 0.0125. The maximum Gasteiger partial charge on any atom is 0.251 e. The van der Waals surface area contributed by atoms with Crippen molar-refractivity contribution in [1.82, 2.24) is 5.32 Å². The smallest absolute Gasteiger partial charge is 0.251 e. The Morgan fingerprint density at radius 1 is 1.28 bits per heavy atom. The molecule has 0 spiro atoms. The Morgan fingerprint density at radius 2 is 2.00 bits per heavy atom. The zero-order valence-corrected chi connectivity index (χ0v) is 11.2. The average Bonchev–Trinajstić information content (AvgIpc) is 2.35. The second-order valence-electron chi connectivity index (χ2n) is 5.28. The number of benzene rings is 1. The number of hydrogen-bond acceptors (Lipinski definition) is 2. The molecule has 18 heavy (non-hydrogen) atoms. The predicted molar refractivity (Wildman–Crippen MR) is 73.6 cm³/mol. The first-order valence-electron chi connectivity index (χ1n) is 6.72. The molecule has 3 heteroatoms. The fourth-order valence-electron chi connectivity index (χ4n) is 2.58.